The van der Waals surface area contributed by atoms with Crippen LogP contribution >= 0.6 is 0 Å². The first kappa shape index (κ1) is 17.9. The largest absolute Gasteiger partial charge is 0.326 e. The number of aromatic nitrogens is 2. The van der Waals surface area contributed by atoms with E-state index in [4.69, 9.17) is 0 Å². The van der Waals surface area contributed by atoms with Crippen molar-refractivity contribution in [3.8, 4) is 0 Å². The molecule has 0 saturated carbocycles. The van der Waals surface area contributed by atoms with Crippen LogP contribution in [0.2, 0.25) is 0 Å². The van der Waals surface area contributed by atoms with E-state index in [1.165, 1.54) is 5.56 Å². The molecule has 1 heterocycles. The molecule has 0 fully saturated rings. The standard InChI is InChI=1S/C21H23N3O2/c1-2-6-15-11-13-16(14-12-15)22-20(25)10-5-9-19-23-18-8-4-3-7-17(18)21(26)24-19/h3-4,7-8,11-14H,2,5-6,9-10H2,1H3,(H,22,25)(H,23,24,26). The van der Waals surface area contributed by atoms with Crippen molar-refractivity contribution in [1.82, 2.24) is 9.97 Å². The zero-order valence-corrected chi connectivity index (χ0v) is 14.9. The molecule has 5 heteroatoms. The lowest BCUT2D eigenvalue weighted by Crippen LogP contribution is -2.14. The second-order valence-electron chi connectivity index (χ2n) is 6.38. The summed E-state index contributed by atoms with van der Waals surface area (Å²) in [5.74, 6) is 0.585. The Bertz CT molecular complexity index is 945. The molecule has 0 radical (unpaired) electrons. The number of fused-ring (bicyclic) bond motifs is 1. The highest BCUT2D eigenvalue weighted by molar-refractivity contribution is 5.90. The summed E-state index contributed by atoms with van der Waals surface area (Å²) in [6.07, 6.45) is 3.72. The van der Waals surface area contributed by atoms with E-state index in [0.717, 1.165) is 18.5 Å². The number of aromatic amines is 1. The zero-order valence-electron chi connectivity index (χ0n) is 14.9. The summed E-state index contributed by atoms with van der Waals surface area (Å²) in [6, 6.07) is 15.2. The Balaban J connectivity index is 1.53. The summed E-state index contributed by atoms with van der Waals surface area (Å²) in [7, 11) is 0. The Kier molecular flexibility index (Phi) is 5.79. The van der Waals surface area contributed by atoms with Crippen LogP contribution in [0.3, 0.4) is 0 Å². The topological polar surface area (TPSA) is 74.8 Å². The molecule has 5 nitrogen and oxygen atoms in total. The Morgan fingerprint density at radius 3 is 2.62 bits per heavy atom. The average molecular weight is 349 g/mol. The summed E-state index contributed by atoms with van der Waals surface area (Å²) in [5, 5.41) is 3.49. The monoisotopic (exact) mass is 349 g/mol. The molecule has 3 rings (SSSR count). The summed E-state index contributed by atoms with van der Waals surface area (Å²) in [4.78, 5) is 31.4. The number of rotatable bonds is 7. The van der Waals surface area contributed by atoms with Crippen molar-refractivity contribution in [2.45, 2.75) is 39.0 Å². The minimum absolute atomic E-state index is 0.0311. The van der Waals surface area contributed by atoms with E-state index in [1.54, 1.807) is 6.07 Å². The van der Waals surface area contributed by atoms with Crippen molar-refractivity contribution in [2.75, 3.05) is 5.32 Å². The van der Waals surface area contributed by atoms with Gasteiger partial charge in [-0.05, 0) is 42.7 Å². The average Bonchev–Trinajstić information content (AvgIpc) is 2.64. The predicted octanol–water partition coefficient (Wildman–Crippen LogP) is 3.84. The maximum absolute atomic E-state index is 12.1. The van der Waals surface area contributed by atoms with Gasteiger partial charge < -0.3 is 10.3 Å². The highest BCUT2D eigenvalue weighted by atomic mass is 16.1. The van der Waals surface area contributed by atoms with Gasteiger partial charge in [0.15, 0.2) is 0 Å². The van der Waals surface area contributed by atoms with Crippen LogP contribution in [-0.4, -0.2) is 15.9 Å². The molecule has 0 bridgehead atoms. The molecule has 0 aliphatic heterocycles. The molecular formula is C21H23N3O2. The lowest BCUT2D eigenvalue weighted by atomic mass is 10.1. The van der Waals surface area contributed by atoms with Crippen LogP contribution in [0.5, 0.6) is 0 Å². The number of carbonyl (C=O) groups excluding carboxylic acids is 1. The number of carbonyl (C=O) groups is 1. The van der Waals surface area contributed by atoms with E-state index in [-0.39, 0.29) is 11.5 Å². The number of anilines is 1. The Morgan fingerprint density at radius 2 is 1.85 bits per heavy atom. The number of H-pyrrole nitrogens is 1. The number of hydrogen-bond donors (Lipinski definition) is 2. The summed E-state index contributed by atoms with van der Waals surface area (Å²) < 4.78 is 0. The molecule has 0 saturated heterocycles. The van der Waals surface area contributed by atoms with Crippen molar-refractivity contribution < 1.29 is 4.79 Å². The lowest BCUT2D eigenvalue weighted by Gasteiger charge is -2.07. The number of amides is 1. The molecule has 0 aliphatic rings. The van der Waals surface area contributed by atoms with Gasteiger partial charge in [-0.1, -0.05) is 37.6 Å². The van der Waals surface area contributed by atoms with Gasteiger partial charge in [0.2, 0.25) is 5.91 Å². The Hall–Kier alpha value is -2.95. The molecule has 2 aromatic carbocycles. The van der Waals surface area contributed by atoms with Gasteiger partial charge in [-0.2, -0.15) is 0 Å². The number of nitrogens with zero attached hydrogens (tertiary/aromatic N) is 1. The normalized spacial score (nSPS) is 10.8. The third-order valence-electron chi connectivity index (χ3n) is 4.26. The van der Waals surface area contributed by atoms with E-state index in [0.29, 0.717) is 36.0 Å². The van der Waals surface area contributed by atoms with Gasteiger partial charge in [-0.25, -0.2) is 4.98 Å². The van der Waals surface area contributed by atoms with Gasteiger partial charge in [0.05, 0.1) is 10.9 Å². The van der Waals surface area contributed by atoms with Gasteiger partial charge in [-0.15, -0.1) is 0 Å². The van der Waals surface area contributed by atoms with Crippen LogP contribution in [0.15, 0.2) is 53.3 Å². The van der Waals surface area contributed by atoms with Crippen molar-refractivity contribution in [3.63, 3.8) is 0 Å². The van der Waals surface area contributed by atoms with Gasteiger partial charge in [0, 0.05) is 18.5 Å². The molecule has 0 aliphatic carbocycles. The molecule has 134 valence electrons. The quantitative estimate of drug-likeness (QED) is 0.680. The fraction of sp³-hybridized carbons (Fsp3) is 0.286. The highest BCUT2D eigenvalue weighted by Gasteiger charge is 2.06. The van der Waals surface area contributed by atoms with Crippen molar-refractivity contribution in [1.29, 1.82) is 0 Å². The van der Waals surface area contributed by atoms with Gasteiger partial charge in [0.25, 0.3) is 5.56 Å². The number of aryl methyl sites for hydroxylation is 2. The van der Waals surface area contributed by atoms with Crippen molar-refractivity contribution >= 4 is 22.5 Å². The maximum atomic E-state index is 12.1. The maximum Gasteiger partial charge on any atom is 0.258 e. The van der Waals surface area contributed by atoms with Crippen LogP contribution in [0.25, 0.3) is 10.9 Å². The van der Waals surface area contributed by atoms with Crippen LogP contribution in [0.1, 0.15) is 37.6 Å². The van der Waals surface area contributed by atoms with E-state index in [9.17, 15) is 9.59 Å². The smallest absolute Gasteiger partial charge is 0.258 e. The summed E-state index contributed by atoms with van der Waals surface area (Å²) in [5.41, 5.74) is 2.63. The van der Waals surface area contributed by atoms with E-state index in [1.807, 2.05) is 42.5 Å². The Morgan fingerprint density at radius 1 is 1.08 bits per heavy atom. The minimum Gasteiger partial charge on any atom is -0.326 e. The van der Waals surface area contributed by atoms with Crippen LogP contribution in [0, 0.1) is 0 Å². The Labute approximate surface area is 152 Å². The molecule has 1 amide bonds. The number of para-hydroxylation sites is 1. The fourth-order valence-corrected chi connectivity index (χ4v) is 2.94. The number of benzene rings is 2. The van der Waals surface area contributed by atoms with Crippen molar-refractivity contribution in [3.05, 3.63) is 70.3 Å². The summed E-state index contributed by atoms with van der Waals surface area (Å²) in [6.45, 7) is 2.15. The van der Waals surface area contributed by atoms with Crippen LogP contribution in [-0.2, 0) is 17.6 Å². The first-order chi connectivity index (χ1) is 12.7. The lowest BCUT2D eigenvalue weighted by molar-refractivity contribution is -0.116. The highest BCUT2D eigenvalue weighted by Crippen LogP contribution is 2.12. The zero-order chi connectivity index (χ0) is 18.4. The fourth-order valence-electron chi connectivity index (χ4n) is 2.94. The van der Waals surface area contributed by atoms with Gasteiger partial charge in [-0.3, -0.25) is 9.59 Å². The number of hydrogen-bond acceptors (Lipinski definition) is 3. The number of nitrogens with one attached hydrogen (secondary N) is 2. The molecular weight excluding hydrogens is 326 g/mol. The first-order valence-corrected chi connectivity index (χ1v) is 9.02. The molecule has 0 unspecified atom stereocenters. The molecule has 26 heavy (non-hydrogen) atoms. The third kappa shape index (κ3) is 4.57. The second kappa shape index (κ2) is 8.43. The summed E-state index contributed by atoms with van der Waals surface area (Å²) >= 11 is 0. The van der Waals surface area contributed by atoms with Crippen LogP contribution < -0.4 is 10.9 Å². The molecule has 0 spiro atoms. The molecule has 3 aromatic rings. The molecule has 2 N–H and O–H groups in total. The minimum atomic E-state index is -0.137. The third-order valence-corrected chi connectivity index (χ3v) is 4.26. The van der Waals surface area contributed by atoms with E-state index >= 15 is 0 Å². The van der Waals surface area contributed by atoms with E-state index < -0.39 is 0 Å². The molecule has 1 aromatic heterocycles. The SMILES string of the molecule is CCCc1ccc(NC(=O)CCCc2nc3ccccc3c(=O)[nH]2)cc1. The second-order valence-corrected chi connectivity index (χ2v) is 6.38. The van der Waals surface area contributed by atoms with E-state index in [2.05, 4.69) is 22.2 Å². The van der Waals surface area contributed by atoms with Gasteiger partial charge in [0.1, 0.15) is 5.82 Å². The van der Waals surface area contributed by atoms with Crippen molar-refractivity contribution in [2.24, 2.45) is 0 Å². The predicted molar refractivity (Wildman–Crippen MR) is 104 cm³/mol. The van der Waals surface area contributed by atoms with Crippen LogP contribution in [0.4, 0.5) is 5.69 Å². The molecule has 0 atom stereocenters. The first-order valence-electron chi connectivity index (χ1n) is 9.02. The van der Waals surface area contributed by atoms with Gasteiger partial charge >= 0.3 is 0 Å².